The molecule has 0 spiro atoms. The Morgan fingerprint density at radius 2 is 2.16 bits per heavy atom. The molecule has 1 fully saturated rings. The fraction of sp³-hybridized carbons (Fsp3) is 0.471. The van der Waals surface area contributed by atoms with Crippen LogP contribution in [0, 0.1) is 12.7 Å². The van der Waals surface area contributed by atoms with Crippen LogP contribution in [0.3, 0.4) is 0 Å². The molecule has 3 rings (SSSR count). The molecule has 0 bridgehead atoms. The number of hydrogen-bond acceptors (Lipinski definition) is 4. The molecule has 0 aliphatic carbocycles. The summed E-state index contributed by atoms with van der Waals surface area (Å²) in [5.41, 5.74) is 2.02. The molecular formula is C17H23ClFN5O. The Kier molecular flexibility index (Phi) is 6.90. The first-order valence-corrected chi connectivity index (χ1v) is 8.30. The zero-order valence-electron chi connectivity index (χ0n) is 14.2. The Labute approximate surface area is 152 Å². The van der Waals surface area contributed by atoms with E-state index in [4.69, 9.17) is 0 Å². The highest BCUT2D eigenvalue weighted by molar-refractivity contribution is 5.93. The number of hydrogen-bond donors (Lipinski definition) is 2. The second-order valence-electron chi connectivity index (χ2n) is 6.09. The Morgan fingerprint density at radius 1 is 1.40 bits per heavy atom. The van der Waals surface area contributed by atoms with E-state index in [9.17, 15) is 9.18 Å². The van der Waals surface area contributed by atoms with Crippen LogP contribution in [-0.4, -0.2) is 40.5 Å². The number of piperidine rings is 1. The van der Waals surface area contributed by atoms with E-state index in [-0.39, 0.29) is 24.1 Å². The summed E-state index contributed by atoms with van der Waals surface area (Å²) in [6.07, 6.45) is 2.56. The lowest BCUT2D eigenvalue weighted by molar-refractivity contribution is 0.0948. The number of carbonyl (C=O) groups is 1. The second-order valence-corrected chi connectivity index (χ2v) is 6.09. The van der Waals surface area contributed by atoms with Gasteiger partial charge in [-0.1, -0.05) is 17.3 Å². The summed E-state index contributed by atoms with van der Waals surface area (Å²) in [6, 6.07) is 6.69. The predicted molar refractivity (Wildman–Crippen MR) is 95.6 cm³/mol. The van der Waals surface area contributed by atoms with Crippen molar-refractivity contribution < 1.29 is 9.18 Å². The molecule has 1 aromatic carbocycles. The summed E-state index contributed by atoms with van der Waals surface area (Å²) in [7, 11) is 0. The molecular weight excluding hydrogens is 345 g/mol. The first-order chi connectivity index (χ1) is 11.6. The van der Waals surface area contributed by atoms with Crippen LogP contribution >= 0.6 is 12.4 Å². The molecule has 1 saturated heterocycles. The first-order valence-electron chi connectivity index (χ1n) is 8.30. The van der Waals surface area contributed by atoms with Crippen molar-refractivity contribution in [2.75, 3.05) is 19.6 Å². The highest BCUT2D eigenvalue weighted by Crippen LogP contribution is 2.20. The van der Waals surface area contributed by atoms with Gasteiger partial charge in [0.2, 0.25) is 0 Å². The maximum absolute atomic E-state index is 13.1. The summed E-state index contributed by atoms with van der Waals surface area (Å²) in [5, 5.41) is 14.4. The molecule has 2 aromatic rings. The van der Waals surface area contributed by atoms with Crippen molar-refractivity contribution in [2.24, 2.45) is 0 Å². The van der Waals surface area contributed by atoms with Gasteiger partial charge in [0, 0.05) is 6.54 Å². The lowest BCUT2D eigenvalue weighted by Gasteiger charge is -2.23. The number of carbonyl (C=O) groups excluding carboxylic acids is 1. The average molecular weight is 368 g/mol. The van der Waals surface area contributed by atoms with E-state index in [1.54, 1.807) is 6.07 Å². The van der Waals surface area contributed by atoms with Crippen molar-refractivity contribution >= 4 is 18.3 Å². The van der Waals surface area contributed by atoms with Gasteiger partial charge in [-0.2, -0.15) is 0 Å². The zero-order valence-corrected chi connectivity index (χ0v) is 15.0. The van der Waals surface area contributed by atoms with Crippen LogP contribution in [0.1, 0.15) is 40.6 Å². The Morgan fingerprint density at radius 3 is 2.88 bits per heavy atom. The lowest BCUT2D eigenvalue weighted by atomic mass is 10.1. The molecule has 0 atom stereocenters. The highest BCUT2D eigenvalue weighted by Gasteiger charge is 2.22. The van der Waals surface area contributed by atoms with E-state index < -0.39 is 0 Å². The summed E-state index contributed by atoms with van der Waals surface area (Å²) >= 11 is 0. The minimum Gasteiger partial charge on any atom is -0.350 e. The largest absolute Gasteiger partial charge is 0.350 e. The molecule has 136 valence electrons. The molecule has 0 radical (unpaired) electrons. The number of nitrogens with zero attached hydrogens (tertiary/aromatic N) is 3. The fourth-order valence-corrected chi connectivity index (χ4v) is 3.05. The number of benzene rings is 1. The van der Waals surface area contributed by atoms with Crippen molar-refractivity contribution in [3.8, 4) is 0 Å². The van der Waals surface area contributed by atoms with E-state index in [0.717, 1.165) is 37.2 Å². The van der Waals surface area contributed by atoms with Crippen molar-refractivity contribution in [1.82, 2.24) is 25.6 Å². The number of rotatable bonds is 5. The third-order valence-electron chi connectivity index (χ3n) is 4.39. The molecule has 0 saturated carbocycles. The fourth-order valence-electron chi connectivity index (χ4n) is 3.05. The molecule has 1 aliphatic heterocycles. The first kappa shape index (κ1) is 19.3. The molecule has 25 heavy (non-hydrogen) atoms. The number of aromatic nitrogens is 3. The van der Waals surface area contributed by atoms with Crippen LogP contribution in [0.4, 0.5) is 4.39 Å². The summed E-state index contributed by atoms with van der Waals surface area (Å²) in [4.78, 5) is 12.3. The van der Waals surface area contributed by atoms with Gasteiger partial charge in [-0.3, -0.25) is 4.79 Å². The van der Waals surface area contributed by atoms with Gasteiger partial charge in [0.25, 0.3) is 5.91 Å². The molecule has 8 heteroatoms. The average Bonchev–Trinajstić information content (AvgIpc) is 2.97. The van der Waals surface area contributed by atoms with Gasteiger partial charge in [0.1, 0.15) is 5.82 Å². The molecule has 2 N–H and O–H groups in total. The Bertz CT molecular complexity index is 715. The van der Waals surface area contributed by atoms with E-state index in [1.807, 2.05) is 17.7 Å². The van der Waals surface area contributed by atoms with Gasteiger partial charge in [-0.15, -0.1) is 17.5 Å². The van der Waals surface area contributed by atoms with E-state index >= 15 is 0 Å². The molecule has 1 amide bonds. The number of halogens is 2. The highest BCUT2D eigenvalue weighted by atomic mass is 35.5. The summed E-state index contributed by atoms with van der Waals surface area (Å²) in [5.74, 6) is -0.497. The van der Waals surface area contributed by atoms with Crippen LogP contribution < -0.4 is 10.6 Å². The normalized spacial score (nSPS) is 14.8. The maximum Gasteiger partial charge on any atom is 0.273 e. The molecule has 1 aromatic heterocycles. The number of amides is 1. The summed E-state index contributed by atoms with van der Waals surface area (Å²) in [6.45, 7) is 4.23. The van der Waals surface area contributed by atoms with Gasteiger partial charge in [-0.05, 0) is 57.0 Å². The van der Waals surface area contributed by atoms with Gasteiger partial charge < -0.3 is 10.6 Å². The topological polar surface area (TPSA) is 71.8 Å². The molecule has 0 unspecified atom stereocenters. The number of nitrogens with one attached hydrogen (secondary N) is 2. The molecule has 1 aliphatic rings. The molecule has 6 nitrogen and oxygen atoms in total. The minimum atomic E-state index is -0.264. The van der Waals surface area contributed by atoms with Gasteiger partial charge in [0.15, 0.2) is 5.69 Å². The third-order valence-corrected chi connectivity index (χ3v) is 4.39. The smallest absolute Gasteiger partial charge is 0.273 e. The van der Waals surface area contributed by atoms with Crippen molar-refractivity contribution in [3.05, 3.63) is 47.0 Å². The minimum absolute atomic E-state index is 0. The quantitative estimate of drug-likeness (QED) is 0.848. The van der Waals surface area contributed by atoms with Gasteiger partial charge >= 0.3 is 0 Å². The second kappa shape index (κ2) is 8.92. The van der Waals surface area contributed by atoms with Gasteiger partial charge in [0.05, 0.1) is 11.7 Å². The van der Waals surface area contributed by atoms with E-state index in [0.29, 0.717) is 24.7 Å². The zero-order chi connectivity index (χ0) is 16.9. The lowest BCUT2D eigenvalue weighted by Crippen LogP contribution is -2.30. The van der Waals surface area contributed by atoms with E-state index in [2.05, 4.69) is 20.9 Å². The standard InChI is InChI=1S/C17H22FN5O.ClH/c1-12-16(21-22-23(12)15-6-8-19-9-7-15)17(24)20-10-5-13-3-2-4-14(18)11-13;/h2-4,11,15,19H,5-10H2,1H3,(H,20,24);1H. The van der Waals surface area contributed by atoms with Crippen LogP contribution in [0.25, 0.3) is 0 Å². The predicted octanol–water partition coefficient (Wildman–Crippen LogP) is 2.04. The van der Waals surface area contributed by atoms with Crippen LogP contribution in [0.15, 0.2) is 24.3 Å². The van der Waals surface area contributed by atoms with Crippen LogP contribution in [0.2, 0.25) is 0 Å². The van der Waals surface area contributed by atoms with Gasteiger partial charge in [-0.25, -0.2) is 9.07 Å². The van der Waals surface area contributed by atoms with Crippen LogP contribution in [-0.2, 0) is 6.42 Å². The Hall–Kier alpha value is -1.99. The van der Waals surface area contributed by atoms with Crippen molar-refractivity contribution in [3.63, 3.8) is 0 Å². The SMILES string of the molecule is Cc1c(C(=O)NCCc2cccc(F)c2)nnn1C1CCNCC1.Cl. The van der Waals surface area contributed by atoms with Crippen LogP contribution in [0.5, 0.6) is 0 Å². The van der Waals surface area contributed by atoms with Crippen molar-refractivity contribution in [2.45, 2.75) is 32.2 Å². The monoisotopic (exact) mass is 367 g/mol. The maximum atomic E-state index is 13.1. The molecule has 2 heterocycles. The third kappa shape index (κ3) is 4.76. The summed E-state index contributed by atoms with van der Waals surface area (Å²) < 4.78 is 15.0. The van der Waals surface area contributed by atoms with Crippen molar-refractivity contribution in [1.29, 1.82) is 0 Å². The van der Waals surface area contributed by atoms with E-state index in [1.165, 1.54) is 12.1 Å². The Balaban J connectivity index is 0.00000225.